The predicted octanol–water partition coefficient (Wildman–Crippen LogP) is 6.91. The number of ether oxygens (including phenoxy) is 1. The fourth-order valence-electron chi connectivity index (χ4n) is 5.07. The van der Waals surface area contributed by atoms with Crippen LogP contribution in [0.5, 0.6) is 0 Å². The van der Waals surface area contributed by atoms with E-state index in [1.807, 2.05) is 56.6 Å². The molecule has 0 bridgehead atoms. The summed E-state index contributed by atoms with van der Waals surface area (Å²) >= 11 is 3.36. The average molecular weight is 524 g/mol. The molecule has 3 aromatic heterocycles. The Labute approximate surface area is 220 Å². The zero-order chi connectivity index (χ0) is 25.3. The van der Waals surface area contributed by atoms with E-state index >= 15 is 0 Å². The Balaban J connectivity index is 1.37. The summed E-state index contributed by atoms with van der Waals surface area (Å²) in [7, 11) is 0. The molecule has 0 fully saturated rings. The van der Waals surface area contributed by atoms with E-state index in [9.17, 15) is 9.59 Å². The molecule has 2 amide bonds. The van der Waals surface area contributed by atoms with E-state index < -0.39 is 5.60 Å². The van der Waals surface area contributed by atoms with Crippen LogP contribution < -0.4 is 10.6 Å². The zero-order valence-corrected chi connectivity index (χ0v) is 22.8. The molecule has 36 heavy (non-hydrogen) atoms. The van der Waals surface area contributed by atoms with Crippen LogP contribution in [-0.4, -0.2) is 22.6 Å². The van der Waals surface area contributed by atoms with E-state index in [1.54, 1.807) is 0 Å². The number of amides is 2. The molecule has 6 nitrogen and oxygen atoms in total. The predicted molar refractivity (Wildman–Crippen MR) is 146 cm³/mol. The first kappa shape index (κ1) is 25.0. The van der Waals surface area contributed by atoms with Crippen LogP contribution in [0.15, 0.2) is 24.5 Å². The third-order valence-corrected chi connectivity index (χ3v) is 9.24. The smallest absolute Gasteiger partial charge is 0.341 e. The molecule has 0 aliphatic heterocycles. The van der Waals surface area contributed by atoms with Gasteiger partial charge in [0.25, 0.3) is 0 Å². The van der Waals surface area contributed by atoms with Gasteiger partial charge in [0.15, 0.2) is 0 Å². The lowest BCUT2D eigenvalue weighted by Gasteiger charge is -2.21. The highest BCUT2D eigenvalue weighted by molar-refractivity contribution is 7.17. The molecular weight excluding hydrogens is 490 g/mol. The maximum Gasteiger partial charge on any atom is 0.341 e. The number of nitrogens with zero attached hydrogens (tertiary/aromatic N) is 1. The van der Waals surface area contributed by atoms with Gasteiger partial charge in [0, 0.05) is 33.6 Å². The molecule has 0 spiro atoms. The largest absolute Gasteiger partial charge is 0.456 e. The van der Waals surface area contributed by atoms with Crippen LogP contribution in [0.1, 0.15) is 83.3 Å². The fraction of sp³-hybridized carbons (Fsp3) is 0.464. The molecule has 3 aromatic rings. The van der Waals surface area contributed by atoms with Gasteiger partial charge in [0.2, 0.25) is 0 Å². The first-order chi connectivity index (χ1) is 17.3. The Hall–Kier alpha value is -2.71. The summed E-state index contributed by atoms with van der Waals surface area (Å²) in [5, 5.41) is 6.67. The number of carbonyl (C=O) groups is 2. The van der Waals surface area contributed by atoms with Gasteiger partial charge in [0.05, 0.1) is 5.56 Å². The number of hydrogen-bond donors (Lipinski definition) is 2. The van der Waals surface area contributed by atoms with Crippen molar-refractivity contribution in [1.29, 1.82) is 0 Å². The van der Waals surface area contributed by atoms with Crippen molar-refractivity contribution in [2.75, 3.05) is 5.32 Å². The van der Waals surface area contributed by atoms with Crippen LogP contribution in [0, 0.1) is 0 Å². The van der Waals surface area contributed by atoms with Crippen LogP contribution >= 0.6 is 22.7 Å². The number of aryl methyl sites for hydroxylation is 2. The highest BCUT2D eigenvalue weighted by atomic mass is 32.1. The molecular formula is C28H33N3O3S2. The van der Waals surface area contributed by atoms with Gasteiger partial charge in [-0.15, -0.1) is 22.7 Å². The summed E-state index contributed by atoms with van der Waals surface area (Å²) in [6.45, 7) is 6.05. The Morgan fingerprint density at radius 1 is 0.944 bits per heavy atom. The summed E-state index contributed by atoms with van der Waals surface area (Å²) in [6, 6.07) is 3.77. The Bertz CT molecular complexity index is 1270. The van der Waals surface area contributed by atoms with E-state index in [4.69, 9.17) is 4.74 Å². The molecule has 8 heteroatoms. The molecule has 5 rings (SSSR count). The number of hydrogen-bond acceptors (Lipinski definition) is 6. The van der Waals surface area contributed by atoms with Gasteiger partial charge >= 0.3 is 12.0 Å². The highest BCUT2D eigenvalue weighted by Gasteiger charge is 2.30. The topological polar surface area (TPSA) is 80.3 Å². The van der Waals surface area contributed by atoms with Crippen molar-refractivity contribution >= 4 is 39.7 Å². The third-order valence-electron chi connectivity index (χ3n) is 6.65. The number of rotatable bonds is 5. The standard InChI is InChI=1S/C28H33N3O3S2/c1-28(2,3)34-26(32)23-19-9-5-7-11-22(19)36-25(23)31-27(33)30-16-20-18-8-4-6-10-21(18)35-24(20)17-12-14-29-15-13-17/h12-15H,4-11,16H2,1-3H3,(H2,30,31,33). The Kier molecular flexibility index (Phi) is 7.17. The minimum atomic E-state index is -0.596. The van der Waals surface area contributed by atoms with E-state index in [-0.39, 0.29) is 12.0 Å². The van der Waals surface area contributed by atoms with Gasteiger partial charge in [0.1, 0.15) is 10.6 Å². The van der Waals surface area contributed by atoms with Crippen LogP contribution in [0.4, 0.5) is 9.80 Å². The maximum absolute atomic E-state index is 13.1. The van der Waals surface area contributed by atoms with E-state index in [2.05, 4.69) is 15.6 Å². The second-order valence-electron chi connectivity index (χ2n) is 10.5. The summed E-state index contributed by atoms with van der Waals surface area (Å²) in [5.74, 6) is -0.357. The second kappa shape index (κ2) is 10.3. The number of anilines is 1. The minimum Gasteiger partial charge on any atom is -0.456 e. The number of pyridine rings is 1. The Morgan fingerprint density at radius 2 is 1.58 bits per heavy atom. The van der Waals surface area contributed by atoms with Gasteiger partial charge in [-0.1, -0.05) is 0 Å². The lowest BCUT2D eigenvalue weighted by atomic mass is 9.94. The fourth-order valence-corrected chi connectivity index (χ4v) is 7.76. The van der Waals surface area contributed by atoms with Gasteiger partial charge in [-0.25, -0.2) is 9.59 Å². The number of carbonyl (C=O) groups excluding carboxylic acids is 2. The van der Waals surface area contributed by atoms with E-state index in [0.29, 0.717) is 17.1 Å². The van der Waals surface area contributed by atoms with Crippen LogP contribution in [0.2, 0.25) is 0 Å². The maximum atomic E-state index is 13.1. The molecule has 0 atom stereocenters. The van der Waals surface area contributed by atoms with Gasteiger partial charge < -0.3 is 10.1 Å². The monoisotopic (exact) mass is 523 g/mol. The van der Waals surface area contributed by atoms with Crippen molar-refractivity contribution in [1.82, 2.24) is 10.3 Å². The first-order valence-corrected chi connectivity index (χ1v) is 14.4. The Morgan fingerprint density at radius 3 is 2.28 bits per heavy atom. The lowest BCUT2D eigenvalue weighted by molar-refractivity contribution is 0.00699. The van der Waals surface area contributed by atoms with E-state index in [1.165, 1.54) is 49.9 Å². The molecule has 0 saturated carbocycles. The van der Waals surface area contributed by atoms with Crippen LogP contribution in [0.3, 0.4) is 0 Å². The molecule has 0 aromatic carbocycles. The summed E-state index contributed by atoms with van der Waals surface area (Å²) in [5.41, 5.74) is 4.71. The summed E-state index contributed by atoms with van der Waals surface area (Å²) < 4.78 is 5.71. The highest BCUT2D eigenvalue weighted by Crippen LogP contribution is 2.41. The van der Waals surface area contributed by atoms with Crippen molar-refractivity contribution in [3.05, 3.63) is 56.5 Å². The zero-order valence-electron chi connectivity index (χ0n) is 21.2. The number of thiophene rings is 2. The molecule has 2 aliphatic carbocycles. The normalized spacial score (nSPS) is 15.1. The number of nitrogens with one attached hydrogen (secondary N) is 2. The number of aromatic nitrogens is 1. The van der Waals surface area contributed by atoms with Crippen LogP contribution in [0.25, 0.3) is 10.4 Å². The minimum absolute atomic E-state index is 0.296. The molecule has 2 N–H and O–H groups in total. The summed E-state index contributed by atoms with van der Waals surface area (Å²) in [4.78, 5) is 34.2. The first-order valence-electron chi connectivity index (χ1n) is 12.8. The molecule has 0 saturated heterocycles. The molecule has 0 unspecified atom stereocenters. The van der Waals surface area contributed by atoms with Gasteiger partial charge in [-0.3, -0.25) is 10.3 Å². The SMILES string of the molecule is CC(C)(C)OC(=O)c1c(NC(=O)NCc2c(-c3ccncc3)sc3c2CCCC3)sc2c1CCCC2. The van der Waals surface area contributed by atoms with E-state index in [0.717, 1.165) is 49.7 Å². The quantitative estimate of drug-likeness (QED) is 0.356. The molecule has 3 heterocycles. The van der Waals surface area contributed by atoms with Crippen molar-refractivity contribution < 1.29 is 14.3 Å². The summed E-state index contributed by atoms with van der Waals surface area (Å²) in [6.07, 6.45) is 12.1. The molecule has 190 valence electrons. The number of urea groups is 1. The van der Waals surface area contributed by atoms with Crippen molar-refractivity contribution in [3.8, 4) is 10.4 Å². The second-order valence-corrected chi connectivity index (χ2v) is 12.7. The molecule has 2 aliphatic rings. The number of esters is 1. The lowest BCUT2D eigenvalue weighted by Crippen LogP contribution is -2.30. The van der Waals surface area contributed by atoms with Crippen molar-refractivity contribution in [3.63, 3.8) is 0 Å². The number of fused-ring (bicyclic) bond motifs is 2. The van der Waals surface area contributed by atoms with Crippen molar-refractivity contribution in [2.24, 2.45) is 0 Å². The van der Waals surface area contributed by atoms with Crippen molar-refractivity contribution in [2.45, 2.75) is 84.3 Å². The average Bonchev–Trinajstić information content (AvgIpc) is 3.40. The third kappa shape index (κ3) is 5.34. The van der Waals surface area contributed by atoms with Gasteiger partial charge in [-0.05, 0) is 107 Å². The van der Waals surface area contributed by atoms with Gasteiger partial charge in [-0.2, -0.15) is 0 Å². The van der Waals surface area contributed by atoms with Crippen LogP contribution in [-0.2, 0) is 37.0 Å². The molecule has 0 radical (unpaired) electrons.